The van der Waals surface area contributed by atoms with Crippen molar-refractivity contribution in [2.45, 2.75) is 46.5 Å². The van der Waals surface area contributed by atoms with Crippen molar-refractivity contribution < 1.29 is 14.3 Å². The number of amides is 1. The maximum Gasteiger partial charge on any atom is 0.309 e. The number of carbonyl (C=O) groups is 2. The molecule has 0 saturated heterocycles. The molecule has 0 atom stereocenters. The van der Waals surface area contributed by atoms with Gasteiger partial charge in [0.25, 0.3) is 5.91 Å². The lowest BCUT2D eigenvalue weighted by Crippen LogP contribution is -2.31. The van der Waals surface area contributed by atoms with Crippen molar-refractivity contribution in [2.75, 3.05) is 11.9 Å². The Balaban J connectivity index is 1.81. The van der Waals surface area contributed by atoms with Gasteiger partial charge in [-0.1, -0.05) is 55.6 Å². The molecule has 0 aromatic heterocycles. The number of halogens is 3. The number of esters is 1. The van der Waals surface area contributed by atoms with Crippen LogP contribution in [0.4, 0.5) is 5.69 Å². The Morgan fingerprint density at radius 3 is 2.19 bits per heavy atom. The quantitative estimate of drug-likeness (QED) is 0.481. The molecule has 0 bridgehead atoms. The molecule has 1 amide bonds. The van der Waals surface area contributed by atoms with Crippen molar-refractivity contribution >= 4 is 52.4 Å². The summed E-state index contributed by atoms with van der Waals surface area (Å²) in [5.74, 6) is -0.295. The van der Waals surface area contributed by atoms with Gasteiger partial charge in [-0.15, -0.1) is 0 Å². The average molecular weight is 421 g/mol. The normalized spacial score (nSPS) is 20.5. The highest BCUT2D eigenvalue weighted by Crippen LogP contribution is 2.40. The SMILES string of the molecule is CC(C)(C)C1CCC(C(=O)OCC(=O)Nc2cc(Cl)c(Cl)cc2Cl)CC1. The smallest absolute Gasteiger partial charge is 0.309 e. The lowest BCUT2D eigenvalue weighted by Gasteiger charge is -2.36. The van der Waals surface area contributed by atoms with E-state index in [1.165, 1.54) is 12.1 Å². The van der Waals surface area contributed by atoms with E-state index in [0.29, 0.717) is 16.6 Å². The fourth-order valence-electron chi connectivity index (χ4n) is 3.25. The molecule has 1 saturated carbocycles. The van der Waals surface area contributed by atoms with Gasteiger partial charge in [-0.2, -0.15) is 0 Å². The number of carbonyl (C=O) groups excluding carboxylic acids is 2. The number of benzene rings is 1. The largest absolute Gasteiger partial charge is 0.455 e. The second-order valence-electron chi connectivity index (χ2n) is 7.82. The minimum absolute atomic E-state index is 0.130. The third-order valence-electron chi connectivity index (χ3n) is 4.91. The summed E-state index contributed by atoms with van der Waals surface area (Å²) >= 11 is 17.8. The van der Waals surface area contributed by atoms with Gasteiger partial charge in [-0.3, -0.25) is 9.59 Å². The van der Waals surface area contributed by atoms with Crippen LogP contribution in [0.2, 0.25) is 15.1 Å². The summed E-state index contributed by atoms with van der Waals surface area (Å²) in [4.78, 5) is 24.2. The number of rotatable bonds is 4. The fraction of sp³-hybridized carbons (Fsp3) is 0.579. The summed E-state index contributed by atoms with van der Waals surface area (Å²) in [7, 11) is 0. The van der Waals surface area contributed by atoms with Crippen molar-refractivity contribution in [3.8, 4) is 0 Å². The maximum absolute atomic E-state index is 12.2. The predicted molar refractivity (Wildman–Crippen MR) is 106 cm³/mol. The lowest BCUT2D eigenvalue weighted by molar-refractivity contribution is -0.153. The van der Waals surface area contributed by atoms with Gasteiger partial charge in [0.05, 0.1) is 26.7 Å². The summed E-state index contributed by atoms with van der Waals surface area (Å²) in [5, 5.41) is 3.41. The number of ether oxygens (including phenoxy) is 1. The van der Waals surface area contributed by atoms with Crippen LogP contribution < -0.4 is 5.32 Å². The van der Waals surface area contributed by atoms with Crippen LogP contribution in [-0.2, 0) is 14.3 Å². The molecule has 1 aliphatic rings. The monoisotopic (exact) mass is 419 g/mol. The van der Waals surface area contributed by atoms with Crippen molar-refractivity contribution in [1.82, 2.24) is 0 Å². The van der Waals surface area contributed by atoms with E-state index < -0.39 is 5.91 Å². The van der Waals surface area contributed by atoms with E-state index in [1.54, 1.807) is 0 Å². The molecule has 0 radical (unpaired) electrons. The van der Waals surface area contributed by atoms with Crippen molar-refractivity contribution in [3.63, 3.8) is 0 Å². The Morgan fingerprint density at radius 1 is 1.04 bits per heavy atom. The lowest BCUT2D eigenvalue weighted by atomic mass is 9.70. The minimum Gasteiger partial charge on any atom is -0.455 e. The molecule has 1 N–H and O–H groups in total. The molecule has 7 heteroatoms. The van der Waals surface area contributed by atoms with Crippen LogP contribution in [0.3, 0.4) is 0 Å². The summed E-state index contributed by atoms with van der Waals surface area (Å²) in [6.45, 7) is 6.34. The molecule has 1 aromatic rings. The Hall–Kier alpha value is -0.970. The Morgan fingerprint density at radius 2 is 1.62 bits per heavy atom. The van der Waals surface area contributed by atoms with Crippen LogP contribution in [0.25, 0.3) is 0 Å². The molecular formula is C19H24Cl3NO3. The van der Waals surface area contributed by atoms with Crippen LogP contribution in [0.5, 0.6) is 0 Å². The second kappa shape index (κ2) is 8.81. The van der Waals surface area contributed by atoms with Gasteiger partial charge in [-0.25, -0.2) is 0 Å². The van der Waals surface area contributed by atoms with E-state index in [4.69, 9.17) is 39.5 Å². The number of hydrogen-bond donors (Lipinski definition) is 1. The second-order valence-corrected chi connectivity index (χ2v) is 9.04. The molecule has 0 spiro atoms. The van der Waals surface area contributed by atoms with E-state index in [0.717, 1.165) is 25.7 Å². The van der Waals surface area contributed by atoms with Gasteiger partial charge in [0.1, 0.15) is 0 Å². The van der Waals surface area contributed by atoms with Gasteiger partial charge < -0.3 is 10.1 Å². The van der Waals surface area contributed by atoms with Gasteiger partial charge in [0.2, 0.25) is 0 Å². The van der Waals surface area contributed by atoms with Crippen LogP contribution in [0.15, 0.2) is 12.1 Å². The number of anilines is 1. The van der Waals surface area contributed by atoms with Gasteiger partial charge in [0.15, 0.2) is 6.61 Å². The highest BCUT2D eigenvalue weighted by molar-refractivity contribution is 6.44. The first kappa shape index (κ1) is 21.3. The van der Waals surface area contributed by atoms with Crippen molar-refractivity contribution in [2.24, 2.45) is 17.3 Å². The highest BCUT2D eigenvalue weighted by atomic mass is 35.5. The van der Waals surface area contributed by atoms with Gasteiger partial charge in [-0.05, 0) is 49.1 Å². The summed E-state index contributed by atoms with van der Waals surface area (Å²) in [5.41, 5.74) is 0.584. The zero-order valence-corrected chi connectivity index (χ0v) is 17.5. The Kier molecular flexibility index (Phi) is 7.23. The summed E-state index contributed by atoms with van der Waals surface area (Å²) < 4.78 is 5.18. The van der Waals surface area contributed by atoms with E-state index in [9.17, 15) is 9.59 Å². The predicted octanol–water partition coefficient (Wildman–Crippen LogP) is 5.98. The van der Waals surface area contributed by atoms with E-state index in [1.807, 2.05) is 0 Å². The first-order valence-corrected chi connectivity index (χ1v) is 9.82. The average Bonchev–Trinajstić information content (AvgIpc) is 2.57. The zero-order valence-electron chi connectivity index (χ0n) is 15.2. The fourth-order valence-corrected chi connectivity index (χ4v) is 3.85. The molecule has 1 aliphatic carbocycles. The van der Waals surface area contributed by atoms with Gasteiger partial charge >= 0.3 is 5.97 Å². The first-order chi connectivity index (χ1) is 12.1. The Labute approximate surface area is 169 Å². The molecule has 0 aliphatic heterocycles. The molecule has 4 nitrogen and oxygen atoms in total. The number of nitrogens with one attached hydrogen (secondary N) is 1. The summed E-state index contributed by atoms with van der Waals surface area (Å²) in [6.07, 6.45) is 3.63. The zero-order chi connectivity index (χ0) is 19.5. The van der Waals surface area contributed by atoms with E-state index in [-0.39, 0.29) is 34.0 Å². The molecule has 0 heterocycles. The van der Waals surface area contributed by atoms with Gasteiger partial charge in [0, 0.05) is 0 Å². The van der Waals surface area contributed by atoms with E-state index in [2.05, 4.69) is 26.1 Å². The van der Waals surface area contributed by atoms with Crippen molar-refractivity contribution in [1.29, 1.82) is 0 Å². The third-order valence-corrected chi connectivity index (χ3v) is 5.95. The topological polar surface area (TPSA) is 55.4 Å². The van der Waals surface area contributed by atoms with Crippen LogP contribution in [0.1, 0.15) is 46.5 Å². The standard InChI is InChI=1S/C19H24Cl3NO3/c1-19(2,3)12-6-4-11(5-7-12)18(25)26-10-17(24)23-16-9-14(21)13(20)8-15(16)22/h8-9,11-12H,4-7,10H2,1-3H3,(H,23,24). The van der Waals surface area contributed by atoms with E-state index >= 15 is 0 Å². The molecule has 144 valence electrons. The maximum atomic E-state index is 12.2. The molecule has 0 unspecified atom stereocenters. The Bertz CT molecular complexity index is 677. The first-order valence-electron chi connectivity index (χ1n) is 8.69. The molecule has 1 aromatic carbocycles. The minimum atomic E-state index is -0.470. The third kappa shape index (κ3) is 5.77. The molecular weight excluding hydrogens is 397 g/mol. The summed E-state index contributed by atoms with van der Waals surface area (Å²) in [6, 6.07) is 2.90. The van der Waals surface area contributed by atoms with Crippen LogP contribution >= 0.6 is 34.8 Å². The molecule has 1 fully saturated rings. The molecule has 2 rings (SSSR count). The van der Waals surface area contributed by atoms with Crippen LogP contribution in [-0.4, -0.2) is 18.5 Å². The van der Waals surface area contributed by atoms with Crippen molar-refractivity contribution in [3.05, 3.63) is 27.2 Å². The molecule has 26 heavy (non-hydrogen) atoms. The number of hydrogen-bond acceptors (Lipinski definition) is 3. The highest BCUT2D eigenvalue weighted by Gasteiger charge is 2.33. The van der Waals surface area contributed by atoms with Crippen LogP contribution in [0, 0.1) is 17.3 Å².